The van der Waals surface area contributed by atoms with E-state index in [2.05, 4.69) is 26.0 Å². The number of ether oxygens (including phenoxy) is 3. The molecule has 1 saturated heterocycles. The van der Waals surface area contributed by atoms with Crippen molar-refractivity contribution in [3.63, 3.8) is 0 Å². The van der Waals surface area contributed by atoms with Gasteiger partial charge in [-0.2, -0.15) is 0 Å². The molecule has 0 radical (unpaired) electrons. The number of carboxylic acids is 1. The molecule has 1 aliphatic rings. The Morgan fingerprint density at radius 2 is 1.81 bits per heavy atom. The highest BCUT2D eigenvalue weighted by Gasteiger charge is 2.29. The van der Waals surface area contributed by atoms with Gasteiger partial charge >= 0.3 is 5.97 Å². The molecule has 0 aliphatic carbocycles. The molecule has 0 bridgehead atoms. The van der Waals surface area contributed by atoms with Gasteiger partial charge in [-0.1, -0.05) is 30.3 Å². The summed E-state index contributed by atoms with van der Waals surface area (Å²) in [4.78, 5) is 11.0. The van der Waals surface area contributed by atoms with Crippen molar-refractivity contribution in [2.45, 2.75) is 45.5 Å². The minimum absolute atomic E-state index is 0.0708. The Morgan fingerprint density at radius 3 is 2.48 bits per heavy atom. The maximum Gasteiger partial charge on any atom is 0.303 e. The highest BCUT2D eigenvalue weighted by molar-refractivity contribution is 5.66. The third-order valence-corrected chi connectivity index (χ3v) is 4.96. The standard InChI is InChI=1S/C22H26O5/c1-15-5-3-6-16(2)20(15)14-27-18-8-4-7-17(13-18)19(9-10-21(23)24)22-25-11-12-26-22/h3-8,13,19,22H,9-12,14H2,1-2H3,(H,23,24). The first-order valence-corrected chi connectivity index (χ1v) is 9.27. The van der Waals surface area contributed by atoms with E-state index < -0.39 is 12.3 Å². The quantitative estimate of drug-likeness (QED) is 0.754. The topological polar surface area (TPSA) is 65.0 Å². The number of hydrogen-bond donors (Lipinski definition) is 1. The number of carbonyl (C=O) groups is 1. The van der Waals surface area contributed by atoms with Crippen molar-refractivity contribution in [3.8, 4) is 5.75 Å². The van der Waals surface area contributed by atoms with Gasteiger partial charge in [-0.25, -0.2) is 0 Å². The summed E-state index contributed by atoms with van der Waals surface area (Å²) >= 11 is 0. The van der Waals surface area contributed by atoms with E-state index in [9.17, 15) is 4.79 Å². The molecule has 1 aliphatic heterocycles. The molecule has 0 spiro atoms. The van der Waals surface area contributed by atoms with E-state index in [4.69, 9.17) is 19.3 Å². The molecular weight excluding hydrogens is 344 g/mol. The third-order valence-electron chi connectivity index (χ3n) is 4.96. The predicted molar refractivity (Wildman–Crippen MR) is 102 cm³/mol. The number of benzene rings is 2. The van der Waals surface area contributed by atoms with Crippen LogP contribution < -0.4 is 4.74 Å². The van der Waals surface area contributed by atoms with Crippen LogP contribution >= 0.6 is 0 Å². The lowest BCUT2D eigenvalue weighted by molar-refractivity contribution is -0.137. The maximum absolute atomic E-state index is 11.0. The molecule has 5 heteroatoms. The Balaban J connectivity index is 1.75. The molecule has 1 fully saturated rings. The molecule has 144 valence electrons. The second-order valence-corrected chi connectivity index (χ2v) is 6.88. The van der Waals surface area contributed by atoms with E-state index in [0.29, 0.717) is 26.2 Å². The summed E-state index contributed by atoms with van der Waals surface area (Å²) in [6.07, 6.45) is 0.125. The van der Waals surface area contributed by atoms with Gasteiger partial charge in [0, 0.05) is 12.3 Å². The fraction of sp³-hybridized carbons (Fsp3) is 0.409. The molecule has 0 aromatic heterocycles. The van der Waals surface area contributed by atoms with E-state index in [1.807, 2.05) is 30.3 Å². The van der Waals surface area contributed by atoms with Crippen LogP contribution in [0.3, 0.4) is 0 Å². The molecular formula is C22H26O5. The van der Waals surface area contributed by atoms with Crippen LogP contribution in [-0.2, 0) is 20.9 Å². The van der Waals surface area contributed by atoms with Gasteiger partial charge in [-0.05, 0) is 54.7 Å². The fourth-order valence-electron chi connectivity index (χ4n) is 3.41. The Hall–Kier alpha value is -2.37. The molecule has 2 aromatic rings. The second kappa shape index (κ2) is 9.02. The SMILES string of the molecule is Cc1cccc(C)c1COc1cccc(C(CCC(=O)O)C2OCCO2)c1. The normalized spacial score (nSPS) is 15.6. The fourth-order valence-corrected chi connectivity index (χ4v) is 3.41. The van der Waals surface area contributed by atoms with Crippen molar-refractivity contribution >= 4 is 5.97 Å². The summed E-state index contributed by atoms with van der Waals surface area (Å²) in [5, 5.41) is 9.06. The van der Waals surface area contributed by atoms with Gasteiger partial charge < -0.3 is 19.3 Å². The van der Waals surface area contributed by atoms with Gasteiger partial charge in [0.15, 0.2) is 6.29 Å². The van der Waals surface area contributed by atoms with Crippen LogP contribution in [0.4, 0.5) is 0 Å². The van der Waals surface area contributed by atoms with Crippen LogP contribution in [0.5, 0.6) is 5.75 Å². The van der Waals surface area contributed by atoms with Gasteiger partial charge in [0.1, 0.15) is 12.4 Å². The van der Waals surface area contributed by atoms with Crippen molar-refractivity contribution in [1.29, 1.82) is 0 Å². The molecule has 1 N–H and O–H groups in total. The van der Waals surface area contributed by atoms with Crippen LogP contribution in [0.1, 0.15) is 41.0 Å². The second-order valence-electron chi connectivity index (χ2n) is 6.88. The minimum atomic E-state index is -0.819. The zero-order chi connectivity index (χ0) is 19.2. The van der Waals surface area contributed by atoms with Crippen LogP contribution in [-0.4, -0.2) is 30.6 Å². The molecule has 0 amide bonds. The number of rotatable bonds is 8. The van der Waals surface area contributed by atoms with Crippen molar-refractivity contribution < 1.29 is 24.1 Å². The van der Waals surface area contributed by atoms with Gasteiger partial charge in [-0.15, -0.1) is 0 Å². The number of aliphatic carboxylic acids is 1. The molecule has 3 rings (SSSR count). The lowest BCUT2D eigenvalue weighted by atomic mass is 9.93. The van der Waals surface area contributed by atoms with Crippen LogP contribution in [0.15, 0.2) is 42.5 Å². The summed E-state index contributed by atoms with van der Waals surface area (Å²) in [7, 11) is 0. The molecule has 5 nitrogen and oxygen atoms in total. The van der Waals surface area contributed by atoms with Gasteiger partial charge in [0.05, 0.1) is 13.2 Å². The Kier molecular flexibility index (Phi) is 6.48. The lowest BCUT2D eigenvalue weighted by Crippen LogP contribution is -2.20. The molecule has 1 heterocycles. The van der Waals surface area contributed by atoms with E-state index in [1.54, 1.807) is 0 Å². The Bertz CT molecular complexity index is 760. The van der Waals surface area contributed by atoms with Gasteiger partial charge in [0.25, 0.3) is 0 Å². The zero-order valence-corrected chi connectivity index (χ0v) is 15.8. The summed E-state index contributed by atoms with van der Waals surface area (Å²) in [5.74, 6) is -0.193. The number of carboxylic acid groups (broad SMARTS) is 1. The molecule has 2 aromatic carbocycles. The predicted octanol–water partition coefficient (Wildman–Crippen LogP) is 4.20. The van der Waals surface area contributed by atoms with Crippen LogP contribution in [0, 0.1) is 13.8 Å². The number of hydrogen-bond acceptors (Lipinski definition) is 4. The molecule has 0 saturated carbocycles. The van der Waals surface area contributed by atoms with Gasteiger partial charge in [-0.3, -0.25) is 4.79 Å². The first-order valence-electron chi connectivity index (χ1n) is 9.27. The van der Waals surface area contributed by atoms with E-state index in [1.165, 1.54) is 16.7 Å². The van der Waals surface area contributed by atoms with Crippen molar-refractivity contribution in [3.05, 3.63) is 64.7 Å². The van der Waals surface area contributed by atoms with E-state index in [0.717, 1.165) is 11.3 Å². The van der Waals surface area contributed by atoms with Crippen molar-refractivity contribution in [2.75, 3.05) is 13.2 Å². The average molecular weight is 370 g/mol. The number of aryl methyl sites for hydroxylation is 2. The minimum Gasteiger partial charge on any atom is -0.489 e. The third kappa shape index (κ3) is 5.08. The summed E-state index contributed by atoms with van der Waals surface area (Å²) in [6.45, 7) is 5.74. The smallest absolute Gasteiger partial charge is 0.303 e. The van der Waals surface area contributed by atoms with Crippen molar-refractivity contribution in [2.24, 2.45) is 0 Å². The summed E-state index contributed by atoms with van der Waals surface area (Å²) < 4.78 is 17.3. The highest BCUT2D eigenvalue weighted by atomic mass is 16.7. The molecule has 1 unspecified atom stereocenters. The monoisotopic (exact) mass is 370 g/mol. The maximum atomic E-state index is 11.0. The molecule has 1 atom stereocenters. The van der Waals surface area contributed by atoms with Crippen LogP contribution in [0.2, 0.25) is 0 Å². The van der Waals surface area contributed by atoms with Crippen molar-refractivity contribution in [1.82, 2.24) is 0 Å². The molecule has 27 heavy (non-hydrogen) atoms. The zero-order valence-electron chi connectivity index (χ0n) is 15.8. The summed E-state index contributed by atoms with van der Waals surface area (Å²) in [6, 6.07) is 14.0. The Labute approximate surface area is 159 Å². The van der Waals surface area contributed by atoms with E-state index >= 15 is 0 Å². The highest BCUT2D eigenvalue weighted by Crippen LogP contribution is 2.32. The first-order chi connectivity index (χ1) is 13.0. The van der Waals surface area contributed by atoms with E-state index in [-0.39, 0.29) is 12.3 Å². The average Bonchev–Trinajstić information content (AvgIpc) is 3.16. The van der Waals surface area contributed by atoms with Crippen LogP contribution in [0.25, 0.3) is 0 Å². The lowest BCUT2D eigenvalue weighted by Gasteiger charge is -2.22. The summed E-state index contributed by atoms with van der Waals surface area (Å²) in [5.41, 5.74) is 4.58. The largest absolute Gasteiger partial charge is 0.489 e. The first kappa shape index (κ1) is 19.4. The van der Waals surface area contributed by atoms with Gasteiger partial charge in [0.2, 0.25) is 0 Å². The Morgan fingerprint density at radius 1 is 1.15 bits per heavy atom.